The molecule has 1 aromatic carbocycles. The van der Waals surface area contributed by atoms with Gasteiger partial charge in [-0.25, -0.2) is 5.32 Å². The third-order valence-corrected chi connectivity index (χ3v) is 3.45. The Bertz CT molecular complexity index is 596. The summed E-state index contributed by atoms with van der Waals surface area (Å²) in [5.41, 5.74) is -0.274. The molecule has 0 saturated heterocycles. The van der Waals surface area contributed by atoms with Crippen molar-refractivity contribution in [2.75, 3.05) is 0 Å². The van der Waals surface area contributed by atoms with Crippen molar-refractivity contribution >= 4 is 28.5 Å². The number of nitro groups is 1. The summed E-state index contributed by atoms with van der Waals surface area (Å²) in [5, 5.41) is 15.1. The first-order chi connectivity index (χ1) is 9.11. The number of amidine groups is 1. The van der Waals surface area contributed by atoms with E-state index in [-0.39, 0.29) is 11.3 Å². The quantitative estimate of drug-likeness (QED) is 0.627. The Morgan fingerprint density at radius 1 is 1.47 bits per heavy atom. The molecule has 1 aliphatic rings. The molecule has 1 radical (unpaired) electrons. The third kappa shape index (κ3) is 3.00. The van der Waals surface area contributed by atoms with Gasteiger partial charge in [0.05, 0.1) is 4.92 Å². The van der Waals surface area contributed by atoms with Gasteiger partial charge in [0.15, 0.2) is 5.17 Å². The van der Waals surface area contributed by atoms with Gasteiger partial charge < -0.3 is 0 Å². The van der Waals surface area contributed by atoms with Gasteiger partial charge in [0.2, 0.25) is 0 Å². The van der Waals surface area contributed by atoms with Crippen molar-refractivity contribution in [2.24, 2.45) is 4.99 Å². The number of benzene rings is 1. The number of carbonyl (C=O) groups is 1. The van der Waals surface area contributed by atoms with Gasteiger partial charge in [0.25, 0.3) is 11.6 Å². The molecule has 0 unspecified atom stereocenters. The van der Waals surface area contributed by atoms with Crippen LogP contribution in [0.2, 0.25) is 0 Å². The molecule has 0 atom stereocenters. The molecule has 1 heterocycles. The summed E-state index contributed by atoms with van der Waals surface area (Å²) in [6, 6.07) is 5.74. The van der Waals surface area contributed by atoms with Gasteiger partial charge in [-0.2, -0.15) is 4.99 Å². The minimum atomic E-state index is -0.649. The van der Waals surface area contributed by atoms with Crippen LogP contribution in [0, 0.1) is 10.1 Å². The van der Waals surface area contributed by atoms with E-state index < -0.39 is 10.8 Å². The van der Waals surface area contributed by atoms with E-state index in [1.807, 2.05) is 6.92 Å². The maximum Gasteiger partial charge on any atom is 0.286 e. The van der Waals surface area contributed by atoms with E-state index in [2.05, 4.69) is 10.3 Å². The molecule has 0 N–H and O–H groups in total. The minimum absolute atomic E-state index is 0.0271. The predicted octanol–water partition coefficient (Wildman–Crippen LogP) is 2.69. The SMILES string of the molecule is CCC1=C[N]C(=NC(=O)c2ccccc2[N+](=O)[O-])S1. The second-order valence-electron chi connectivity index (χ2n) is 3.65. The summed E-state index contributed by atoms with van der Waals surface area (Å²) in [5.74, 6) is -0.649. The van der Waals surface area contributed by atoms with Gasteiger partial charge in [-0.3, -0.25) is 14.9 Å². The number of hydrogen-bond acceptors (Lipinski definition) is 4. The summed E-state index contributed by atoms with van der Waals surface area (Å²) >= 11 is 1.30. The van der Waals surface area contributed by atoms with Crippen molar-refractivity contribution < 1.29 is 9.72 Å². The van der Waals surface area contributed by atoms with Crippen LogP contribution in [0.15, 0.2) is 40.4 Å². The molecular weight excluding hydrogens is 266 g/mol. The Hall–Kier alpha value is -2.15. The van der Waals surface area contributed by atoms with Crippen molar-refractivity contribution in [3.8, 4) is 0 Å². The van der Waals surface area contributed by atoms with E-state index >= 15 is 0 Å². The van der Waals surface area contributed by atoms with Gasteiger partial charge in [0.1, 0.15) is 5.56 Å². The molecule has 0 aromatic heterocycles. The van der Waals surface area contributed by atoms with E-state index in [0.717, 1.165) is 11.3 Å². The standard InChI is InChI=1S/C12H10N3O3S/c1-2-8-7-13-12(19-8)14-11(16)9-5-3-4-6-10(9)15(17)18/h3-7H,2H2,1H3. The van der Waals surface area contributed by atoms with E-state index in [4.69, 9.17) is 0 Å². The third-order valence-electron chi connectivity index (χ3n) is 2.42. The lowest BCUT2D eigenvalue weighted by Crippen LogP contribution is -2.07. The molecule has 7 heteroatoms. The molecule has 6 nitrogen and oxygen atoms in total. The normalized spacial score (nSPS) is 16.1. The van der Waals surface area contributed by atoms with Crippen LogP contribution in [0.1, 0.15) is 23.7 Å². The smallest absolute Gasteiger partial charge is 0.266 e. The number of aliphatic imine (C=N–C) groups is 1. The second kappa shape index (κ2) is 5.66. The van der Waals surface area contributed by atoms with Gasteiger partial charge >= 0.3 is 0 Å². The molecule has 0 aliphatic carbocycles. The molecule has 0 bridgehead atoms. The number of thioether (sulfide) groups is 1. The Kier molecular flexibility index (Phi) is 3.96. The maximum absolute atomic E-state index is 11.9. The lowest BCUT2D eigenvalue weighted by molar-refractivity contribution is -0.385. The van der Waals surface area contributed by atoms with Crippen molar-refractivity contribution in [1.29, 1.82) is 0 Å². The minimum Gasteiger partial charge on any atom is -0.266 e. The lowest BCUT2D eigenvalue weighted by Gasteiger charge is -1.99. The molecule has 0 spiro atoms. The van der Waals surface area contributed by atoms with Crippen LogP contribution in [0.3, 0.4) is 0 Å². The van der Waals surface area contributed by atoms with Crippen LogP contribution in [-0.2, 0) is 0 Å². The average Bonchev–Trinajstić information content (AvgIpc) is 2.86. The molecule has 0 saturated carbocycles. The molecule has 2 rings (SSSR count). The molecule has 1 aliphatic heterocycles. The highest BCUT2D eigenvalue weighted by Crippen LogP contribution is 2.26. The van der Waals surface area contributed by atoms with Crippen molar-refractivity contribution in [3.05, 3.63) is 51.0 Å². The number of carbonyl (C=O) groups excluding carboxylic acids is 1. The summed E-state index contributed by atoms with van der Waals surface area (Å²) in [4.78, 5) is 27.0. The van der Waals surface area contributed by atoms with Crippen molar-refractivity contribution in [2.45, 2.75) is 13.3 Å². The molecule has 1 aromatic rings. The highest BCUT2D eigenvalue weighted by Gasteiger charge is 2.21. The zero-order valence-corrected chi connectivity index (χ0v) is 10.9. The first kappa shape index (κ1) is 13.3. The monoisotopic (exact) mass is 276 g/mol. The first-order valence-electron chi connectivity index (χ1n) is 5.56. The summed E-state index contributed by atoms with van der Waals surface area (Å²) in [7, 11) is 0. The fraction of sp³-hybridized carbons (Fsp3) is 0.167. The van der Waals surface area contributed by atoms with Crippen LogP contribution in [0.4, 0.5) is 5.69 Å². The number of rotatable bonds is 3. The molecule has 0 fully saturated rings. The van der Waals surface area contributed by atoms with E-state index in [9.17, 15) is 14.9 Å². The Balaban J connectivity index is 2.22. The first-order valence-corrected chi connectivity index (χ1v) is 6.37. The van der Waals surface area contributed by atoms with Crippen molar-refractivity contribution in [3.63, 3.8) is 0 Å². The van der Waals surface area contributed by atoms with Crippen LogP contribution in [0.25, 0.3) is 0 Å². The number of amides is 1. The van der Waals surface area contributed by atoms with Gasteiger partial charge in [-0.1, -0.05) is 30.8 Å². The summed E-state index contributed by atoms with van der Waals surface area (Å²) < 4.78 is 0. The lowest BCUT2D eigenvalue weighted by atomic mass is 10.2. The van der Waals surface area contributed by atoms with E-state index in [1.54, 1.807) is 12.3 Å². The second-order valence-corrected chi connectivity index (χ2v) is 4.75. The fourth-order valence-corrected chi connectivity index (χ4v) is 2.19. The van der Waals surface area contributed by atoms with Crippen LogP contribution in [0.5, 0.6) is 0 Å². The molecule has 97 valence electrons. The number of nitrogens with zero attached hydrogens (tertiary/aromatic N) is 3. The molecule has 19 heavy (non-hydrogen) atoms. The van der Waals surface area contributed by atoms with Crippen molar-refractivity contribution in [1.82, 2.24) is 5.32 Å². The maximum atomic E-state index is 11.9. The summed E-state index contributed by atoms with van der Waals surface area (Å²) in [6.07, 6.45) is 2.46. The Morgan fingerprint density at radius 2 is 2.21 bits per heavy atom. The largest absolute Gasteiger partial charge is 0.286 e. The van der Waals surface area contributed by atoms with Gasteiger partial charge in [-0.05, 0) is 12.5 Å². The summed E-state index contributed by atoms with van der Waals surface area (Å²) in [6.45, 7) is 1.97. The van der Waals surface area contributed by atoms with Crippen LogP contribution in [-0.4, -0.2) is 16.0 Å². The number of hydrogen-bond donors (Lipinski definition) is 0. The molecular formula is C12H10N3O3S. The topological polar surface area (TPSA) is 86.7 Å². The number of para-hydroxylation sites is 1. The fourth-order valence-electron chi connectivity index (χ4n) is 1.47. The highest BCUT2D eigenvalue weighted by molar-refractivity contribution is 8.17. The van der Waals surface area contributed by atoms with Gasteiger partial charge in [-0.15, -0.1) is 0 Å². The Morgan fingerprint density at radius 3 is 2.84 bits per heavy atom. The average molecular weight is 276 g/mol. The number of nitro benzene ring substituents is 1. The zero-order chi connectivity index (χ0) is 13.8. The van der Waals surface area contributed by atoms with E-state index in [1.165, 1.54) is 30.0 Å². The van der Waals surface area contributed by atoms with E-state index in [0.29, 0.717) is 5.17 Å². The number of allylic oxidation sites excluding steroid dienone is 1. The zero-order valence-electron chi connectivity index (χ0n) is 10.1. The van der Waals surface area contributed by atoms with Crippen LogP contribution < -0.4 is 5.32 Å². The van der Waals surface area contributed by atoms with Gasteiger partial charge in [0, 0.05) is 17.2 Å². The van der Waals surface area contributed by atoms with Crippen LogP contribution >= 0.6 is 11.8 Å². The Labute approximate surface area is 113 Å². The molecule has 1 amide bonds. The highest BCUT2D eigenvalue weighted by atomic mass is 32.2. The predicted molar refractivity (Wildman–Crippen MR) is 73.0 cm³/mol.